The van der Waals surface area contributed by atoms with Crippen LogP contribution in [0.15, 0.2) is 164 Å². The van der Waals surface area contributed by atoms with Gasteiger partial charge in [-0.3, -0.25) is 0 Å². The van der Waals surface area contributed by atoms with Crippen LogP contribution in [0.3, 0.4) is 0 Å². The van der Waals surface area contributed by atoms with E-state index in [2.05, 4.69) is 172 Å². The van der Waals surface area contributed by atoms with Gasteiger partial charge in [0.25, 0.3) is 0 Å². The van der Waals surface area contributed by atoms with Gasteiger partial charge in [-0.25, -0.2) is 0 Å². The van der Waals surface area contributed by atoms with Crippen LogP contribution in [-0.4, -0.2) is 0 Å². The minimum Gasteiger partial charge on any atom is -0.455 e. The van der Waals surface area contributed by atoms with Crippen molar-refractivity contribution >= 4 is 47.7 Å². The van der Waals surface area contributed by atoms with E-state index in [1.165, 1.54) is 48.5 Å². The van der Waals surface area contributed by atoms with E-state index >= 15 is 0 Å². The van der Waals surface area contributed by atoms with Crippen LogP contribution >= 0.6 is 15.8 Å². The Morgan fingerprint density at radius 1 is 0.543 bits per heavy atom. The van der Waals surface area contributed by atoms with Gasteiger partial charge in [-0.15, -0.1) is 6.58 Å². The monoisotopic (exact) mass is 724 g/mol. The van der Waals surface area contributed by atoms with Gasteiger partial charge in [0.2, 0.25) is 0 Å². The summed E-state index contributed by atoms with van der Waals surface area (Å²) in [6.45, 7) is 8.86. The molecule has 46 heavy (non-hydrogen) atoms. The van der Waals surface area contributed by atoms with Crippen molar-refractivity contribution in [2.75, 3.05) is 0 Å². The van der Waals surface area contributed by atoms with Gasteiger partial charge < -0.3 is 4.74 Å². The van der Waals surface area contributed by atoms with Crippen molar-refractivity contribution < 1.29 is 25.2 Å². The molecule has 6 aromatic carbocycles. The van der Waals surface area contributed by atoms with Crippen LogP contribution in [0.25, 0.3) is 0 Å². The SMILES string of the molecule is C=CCc1ccc(P(c2ccccc2)c2ccccc2)c2c1C(C)(C)c1cccc(P(c3ccccc3)c3ccccc3)c1O2.[Pd+2]. The molecule has 0 bridgehead atoms. The molecule has 0 amide bonds. The number of fused-ring (bicyclic) bond motifs is 2. The maximum Gasteiger partial charge on any atom is 2.00 e. The average Bonchev–Trinajstić information content (AvgIpc) is 3.08. The summed E-state index contributed by atoms with van der Waals surface area (Å²) in [5, 5.41) is 7.76. The van der Waals surface area contributed by atoms with E-state index in [0.717, 1.165) is 17.9 Å². The van der Waals surface area contributed by atoms with Crippen LogP contribution in [0.2, 0.25) is 0 Å². The van der Waals surface area contributed by atoms with Crippen molar-refractivity contribution in [3.05, 3.63) is 181 Å². The van der Waals surface area contributed by atoms with Crippen molar-refractivity contribution in [1.29, 1.82) is 0 Å². The fraction of sp³-hybridized carbons (Fsp3) is 0.0952. The Kier molecular flexibility index (Phi) is 9.85. The van der Waals surface area contributed by atoms with Gasteiger partial charge in [0.1, 0.15) is 11.5 Å². The van der Waals surface area contributed by atoms with E-state index in [1.54, 1.807) is 0 Å². The molecule has 7 rings (SSSR count). The number of hydrogen-bond acceptors (Lipinski definition) is 1. The number of rotatable bonds is 8. The van der Waals surface area contributed by atoms with Crippen LogP contribution in [0.1, 0.15) is 30.5 Å². The molecule has 4 heteroatoms. The van der Waals surface area contributed by atoms with Crippen LogP contribution in [0.5, 0.6) is 11.5 Å². The van der Waals surface area contributed by atoms with Gasteiger partial charge in [-0.1, -0.05) is 166 Å². The maximum absolute atomic E-state index is 7.41. The topological polar surface area (TPSA) is 9.23 Å². The van der Waals surface area contributed by atoms with Gasteiger partial charge in [-0.05, 0) is 55.1 Å². The zero-order valence-electron chi connectivity index (χ0n) is 26.0. The molecule has 1 aliphatic heterocycles. The maximum atomic E-state index is 7.41. The molecule has 0 unspecified atom stereocenters. The van der Waals surface area contributed by atoms with E-state index in [4.69, 9.17) is 4.74 Å². The Balaban J connectivity index is 0.00000372. The summed E-state index contributed by atoms with van der Waals surface area (Å²) in [5.74, 6) is 2.01. The second-order valence-electron chi connectivity index (χ2n) is 11.8. The van der Waals surface area contributed by atoms with E-state index in [9.17, 15) is 0 Å². The summed E-state index contributed by atoms with van der Waals surface area (Å²) in [7, 11) is -1.73. The van der Waals surface area contributed by atoms with Crippen LogP contribution in [0.4, 0.5) is 0 Å². The third-order valence-electron chi connectivity index (χ3n) is 8.62. The first-order valence-corrected chi connectivity index (χ1v) is 18.2. The van der Waals surface area contributed by atoms with Crippen molar-refractivity contribution in [1.82, 2.24) is 0 Å². The number of benzene rings is 6. The van der Waals surface area contributed by atoms with E-state index < -0.39 is 15.8 Å². The largest absolute Gasteiger partial charge is 2.00 e. The first-order valence-electron chi connectivity index (χ1n) is 15.5. The first kappa shape index (κ1) is 32.3. The van der Waals surface area contributed by atoms with Crippen LogP contribution < -0.4 is 36.6 Å². The van der Waals surface area contributed by atoms with E-state index in [-0.39, 0.29) is 25.8 Å². The van der Waals surface area contributed by atoms with Crippen LogP contribution in [0, 0.1) is 0 Å². The quantitative estimate of drug-likeness (QED) is 0.0872. The van der Waals surface area contributed by atoms with Gasteiger partial charge in [0.05, 0.1) is 0 Å². The molecule has 1 heterocycles. The predicted octanol–water partition coefficient (Wildman–Crippen LogP) is 8.36. The first-order chi connectivity index (χ1) is 22.1. The Morgan fingerprint density at radius 3 is 1.41 bits per heavy atom. The minimum atomic E-state index is -0.871. The molecule has 228 valence electrons. The smallest absolute Gasteiger partial charge is 0.455 e. The third-order valence-corrected chi connectivity index (χ3v) is 13.5. The standard InChI is InChI=1S/C42H36OP2.Pd/c1-4-18-31-29-30-38(45(34-23-13-7-14-24-34)35-25-15-8-16-26-35)41-39(31)42(2,3)36-27-17-28-37(40(36)43-41)44(32-19-9-5-10-20-32)33-21-11-6-12-22-33;/h4-17,19-30H,1,18H2,2-3H3;/q;+2. The second-order valence-corrected chi connectivity index (χ2v) is 16.2. The Morgan fingerprint density at radius 2 is 0.978 bits per heavy atom. The zero-order valence-corrected chi connectivity index (χ0v) is 29.4. The van der Waals surface area contributed by atoms with Gasteiger partial charge >= 0.3 is 20.4 Å². The molecule has 1 nitrogen and oxygen atoms in total. The second kappa shape index (κ2) is 14.0. The zero-order chi connectivity index (χ0) is 30.8. The normalized spacial score (nSPS) is 12.9. The molecule has 0 radical (unpaired) electrons. The Labute approximate surface area is 289 Å². The van der Waals surface area contributed by atoms with Crippen molar-refractivity contribution in [2.45, 2.75) is 25.7 Å². The molecule has 6 aromatic rings. The van der Waals surface area contributed by atoms with Gasteiger partial charge in [-0.2, -0.15) is 0 Å². The van der Waals surface area contributed by atoms with Gasteiger partial charge in [0, 0.05) is 27.2 Å². The van der Waals surface area contributed by atoms with E-state index in [0.29, 0.717) is 0 Å². The van der Waals surface area contributed by atoms with Crippen molar-refractivity contribution in [2.24, 2.45) is 0 Å². The molecule has 0 saturated heterocycles. The Bertz CT molecular complexity index is 1860. The Hall–Kier alpha value is -3.62. The molecular formula is C42H36OP2Pd+2. The molecular weight excluding hydrogens is 689 g/mol. The van der Waals surface area contributed by atoms with Gasteiger partial charge in [0.15, 0.2) is 0 Å². The summed E-state index contributed by atoms with van der Waals surface area (Å²) in [4.78, 5) is 0. The van der Waals surface area contributed by atoms with E-state index in [1.807, 2.05) is 6.08 Å². The summed E-state index contributed by atoms with van der Waals surface area (Å²) in [6, 6.07) is 55.1. The fourth-order valence-corrected chi connectivity index (χ4v) is 11.4. The fourth-order valence-electron chi connectivity index (χ4n) is 6.60. The molecule has 0 aromatic heterocycles. The molecule has 0 aliphatic carbocycles. The summed E-state index contributed by atoms with van der Waals surface area (Å²) in [5.41, 5.74) is 3.50. The number of allylic oxidation sites excluding steroid dienone is 1. The minimum absolute atomic E-state index is 0. The summed E-state index contributed by atoms with van der Waals surface area (Å²) < 4.78 is 7.41. The van der Waals surface area contributed by atoms with Crippen molar-refractivity contribution in [3.8, 4) is 11.5 Å². The third kappa shape index (κ3) is 5.98. The molecule has 0 spiro atoms. The predicted molar refractivity (Wildman–Crippen MR) is 196 cm³/mol. The summed E-state index contributed by atoms with van der Waals surface area (Å²) in [6.07, 6.45) is 2.80. The molecule has 0 atom stereocenters. The number of ether oxygens (including phenoxy) is 1. The average molecular weight is 725 g/mol. The molecule has 1 aliphatic rings. The number of hydrogen-bond donors (Lipinski definition) is 0. The number of para-hydroxylation sites is 1. The molecule has 0 N–H and O–H groups in total. The summed E-state index contributed by atoms with van der Waals surface area (Å²) >= 11 is 0. The molecule has 0 fully saturated rings. The van der Waals surface area contributed by atoms with Crippen molar-refractivity contribution in [3.63, 3.8) is 0 Å². The molecule has 0 saturated carbocycles. The van der Waals surface area contributed by atoms with Crippen LogP contribution in [-0.2, 0) is 32.3 Å².